The van der Waals surface area contributed by atoms with Crippen molar-refractivity contribution in [3.8, 4) is 0 Å². The van der Waals surface area contributed by atoms with Crippen molar-refractivity contribution in [2.45, 2.75) is 19.9 Å². The molecule has 2 aromatic rings. The van der Waals surface area contributed by atoms with Crippen molar-refractivity contribution in [1.29, 1.82) is 0 Å². The van der Waals surface area contributed by atoms with Crippen LogP contribution < -0.4 is 10.6 Å². The van der Waals surface area contributed by atoms with Crippen molar-refractivity contribution in [3.63, 3.8) is 0 Å². The van der Waals surface area contributed by atoms with Gasteiger partial charge in [-0.3, -0.25) is 0 Å². The average molecular weight is 329 g/mol. The highest BCUT2D eigenvalue weighted by Crippen LogP contribution is 2.26. The van der Waals surface area contributed by atoms with Crippen molar-refractivity contribution in [2.75, 3.05) is 11.9 Å². The second-order valence-electron chi connectivity index (χ2n) is 3.97. The molecule has 1 aromatic heterocycles. The van der Waals surface area contributed by atoms with Gasteiger partial charge in [-0.25, -0.2) is 4.39 Å². The maximum absolute atomic E-state index is 13.1. The monoisotopic (exact) mass is 328 g/mol. The van der Waals surface area contributed by atoms with Crippen LogP contribution in [0.4, 0.5) is 16.1 Å². The molecule has 1 aromatic carbocycles. The van der Waals surface area contributed by atoms with E-state index in [-0.39, 0.29) is 17.9 Å². The van der Waals surface area contributed by atoms with Crippen molar-refractivity contribution >= 4 is 27.6 Å². The Bertz CT molecular complexity index is 560. The van der Waals surface area contributed by atoms with Gasteiger partial charge in [0.2, 0.25) is 5.89 Å². The van der Waals surface area contributed by atoms with Crippen LogP contribution in [0.5, 0.6) is 0 Å². The largest absolute Gasteiger partial charge is 0.406 e. The minimum atomic E-state index is -0.341. The molecule has 2 N–H and O–H groups in total. The summed E-state index contributed by atoms with van der Waals surface area (Å²) < 4.78 is 19.3. The number of aromatic nitrogens is 2. The van der Waals surface area contributed by atoms with Gasteiger partial charge in [0.15, 0.2) is 0 Å². The van der Waals surface area contributed by atoms with Gasteiger partial charge in [-0.2, -0.15) is 0 Å². The summed E-state index contributed by atoms with van der Waals surface area (Å²) in [7, 11) is 0. The van der Waals surface area contributed by atoms with Crippen LogP contribution in [-0.4, -0.2) is 16.7 Å². The third-order valence-electron chi connectivity index (χ3n) is 2.49. The molecule has 0 aliphatic rings. The molecule has 0 saturated carbocycles. The summed E-state index contributed by atoms with van der Waals surface area (Å²) in [4.78, 5) is 0. The molecule has 102 valence electrons. The lowest BCUT2D eigenvalue weighted by Gasteiger charge is -2.06. The molecule has 1 unspecified atom stereocenters. The van der Waals surface area contributed by atoms with Crippen LogP contribution >= 0.6 is 15.9 Å². The molecule has 0 radical (unpaired) electrons. The van der Waals surface area contributed by atoms with Crippen molar-refractivity contribution in [1.82, 2.24) is 15.5 Å². The van der Waals surface area contributed by atoms with Crippen LogP contribution in [0.15, 0.2) is 27.1 Å². The van der Waals surface area contributed by atoms with Crippen molar-refractivity contribution in [3.05, 3.63) is 34.4 Å². The summed E-state index contributed by atoms with van der Waals surface area (Å²) in [5.74, 6) is 0.142. The number of hydrogen-bond donors (Lipinski definition) is 2. The summed E-state index contributed by atoms with van der Waals surface area (Å²) in [6, 6.07) is 4.52. The highest BCUT2D eigenvalue weighted by atomic mass is 79.9. The Balaban J connectivity index is 2.13. The third-order valence-corrected chi connectivity index (χ3v) is 3.18. The Morgan fingerprint density at radius 1 is 1.42 bits per heavy atom. The number of hydrogen-bond acceptors (Lipinski definition) is 5. The molecule has 0 bridgehead atoms. The zero-order valence-electron chi connectivity index (χ0n) is 10.6. The zero-order valence-corrected chi connectivity index (χ0v) is 12.2. The van der Waals surface area contributed by atoms with E-state index >= 15 is 0 Å². The molecule has 7 heteroatoms. The topological polar surface area (TPSA) is 63.0 Å². The first-order chi connectivity index (χ1) is 9.10. The zero-order chi connectivity index (χ0) is 13.8. The molecule has 5 nitrogen and oxygen atoms in total. The summed E-state index contributed by atoms with van der Waals surface area (Å²) in [5, 5.41) is 13.8. The van der Waals surface area contributed by atoms with Crippen molar-refractivity contribution < 1.29 is 8.81 Å². The highest BCUT2D eigenvalue weighted by molar-refractivity contribution is 9.10. The predicted molar refractivity (Wildman–Crippen MR) is 73.8 cm³/mol. The molecule has 0 saturated heterocycles. The van der Waals surface area contributed by atoms with E-state index in [1.54, 1.807) is 6.07 Å². The molecule has 2 rings (SSSR count). The van der Waals surface area contributed by atoms with E-state index in [4.69, 9.17) is 4.42 Å². The Labute approximate surface area is 118 Å². The summed E-state index contributed by atoms with van der Waals surface area (Å²) in [5.41, 5.74) is 0.534. The molecular weight excluding hydrogens is 315 g/mol. The Hall–Kier alpha value is -1.47. The Morgan fingerprint density at radius 2 is 2.21 bits per heavy atom. The van der Waals surface area contributed by atoms with E-state index in [9.17, 15) is 4.39 Å². The maximum Gasteiger partial charge on any atom is 0.320 e. The molecule has 19 heavy (non-hydrogen) atoms. The van der Waals surface area contributed by atoms with Crippen LogP contribution in [0.3, 0.4) is 0 Å². The van der Waals surface area contributed by atoms with Crippen LogP contribution in [-0.2, 0) is 0 Å². The lowest BCUT2D eigenvalue weighted by molar-refractivity contribution is 0.430. The lowest BCUT2D eigenvalue weighted by atomic mass is 10.3. The minimum Gasteiger partial charge on any atom is -0.406 e. The van der Waals surface area contributed by atoms with E-state index in [1.807, 2.05) is 13.8 Å². The van der Waals surface area contributed by atoms with Gasteiger partial charge in [-0.1, -0.05) is 12.0 Å². The number of halogens is 2. The van der Waals surface area contributed by atoms with Crippen LogP contribution in [0, 0.1) is 5.82 Å². The molecule has 1 heterocycles. The van der Waals surface area contributed by atoms with Crippen LogP contribution in [0.1, 0.15) is 25.8 Å². The molecular formula is C12H14BrFN4O. The molecule has 1 atom stereocenters. The van der Waals surface area contributed by atoms with Gasteiger partial charge in [-0.15, -0.1) is 5.10 Å². The first kappa shape index (κ1) is 14.0. The molecule has 0 aliphatic carbocycles. The molecule has 0 aliphatic heterocycles. The molecule has 0 spiro atoms. The number of anilines is 2. The highest BCUT2D eigenvalue weighted by Gasteiger charge is 2.13. The first-order valence-corrected chi connectivity index (χ1v) is 6.68. The molecule has 0 amide bonds. The number of rotatable bonds is 5. The second kappa shape index (κ2) is 6.12. The quantitative estimate of drug-likeness (QED) is 0.880. The van der Waals surface area contributed by atoms with E-state index in [1.165, 1.54) is 12.1 Å². The summed E-state index contributed by atoms with van der Waals surface area (Å²) in [6.07, 6.45) is 0. The first-order valence-electron chi connectivity index (χ1n) is 5.89. The fourth-order valence-electron chi connectivity index (χ4n) is 1.56. The average Bonchev–Trinajstić information content (AvgIpc) is 2.83. The van der Waals surface area contributed by atoms with E-state index in [0.717, 1.165) is 6.54 Å². The van der Waals surface area contributed by atoms with Crippen LogP contribution in [0.25, 0.3) is 0 Å². The van der Waals surface area contributed by atoms with Crippen LogP contribution in [0.2, 0.25) is 0 Å². The second-order valence-corrected chi connectivity index (χ2v) is 4.83. The normalized spacial score (nSPS) is 12.4. The van der Waals surface area contributed by atoms with Gasteiger partial charge in [0.05, 0.1) is 11.7 Å². The standard InChI is InChI=1S/C12H14BrFN4O/c1-3-15-7(2)11-17-18-12(19-11)16-10-6-8(14)4-5-9(10)13/h4-7,15H,3H2,1-2H3,(H,16,18). The number of nitrogens with zero attached hydrogens (tertiary/aromatic N) is 2. The van der Waals surface area contributed by atoms with Gasteiger partial charge in [0.1, 0.15) is 5.82 Å². The van der Waals surface area contributed by atoms with Gasteiger partial charge in [-0.05, 0) is 47.6 Å². The smallest absolute Gasteiger partial charge is 0.320 e. The fraction of sp³-hybridized carbons (Fsp3) is 0.333. The summed E-state index contributed by atoms with van der Waals surface area (Å²) in [6.45, 7) is 4.73. The predicted octanol–water partition coefficient (Wildman–Crippen LogP) is 3.39. The Kier molecular flexibility index (Phi) is 4.49. The van der Waals surface area contributed by atoms with E-state index in [0.29, 0.717) is 16.1 Å². The summed E-state index contributed by atoms with van der Waals surface area (Å²) >= 11 is 3.32. The minimum absolute atomic E-state index is 0.0241. The third kappa shape index (κ3) is 3.51. The SMILES string of the molecule is CCNC(C)c1nnc(Nc2cc(F)ccc2Br)o1. The van der Waals surface area contributed by atoms with Gasteiger partial charge in [0.25, 0.3) is 0 Å². The molecule has 0 fully saturated rings. The van der Waals surface area contributed by atoms with E-state index < -0.39 is 0 Å². The fourth-order valence-corrected chi connectivity index (χ4v) is 1.91. The Morgan fingerprint density at radius 3 is 2.95 bits per heavy atom. The van der Waals surface area contributed by atoms with Gasteiger partial charge in [0, 0.05) is 4.47 Å². The number of benzene rings is 1. The number of nitrogens with one attached hydrogen (secondary N) is 2. The van der Waals surface area contributed by atoms with Crippen molar-refractivity contribution in [2.24, 2.45) is 0 Å². The van der Waals surface area contributed by atoms with Gasteiger partial charge >= 0.3 is 6.01 Å². The maximum atomic E-state index is 13.1. The van der Waals surface area contributed by atoms with Gasteiger partial charge < -0.3 is 15.1 Å². The lowest BCUT2D eigenvalue weighted by Crippen LogP contribution is -2.17. The van der Waals surface area contributed by atoms with E-state index in [2.05, 4.69) is 36.8 Å².